The summed E-state index contributed by atoms with van der Waals surface area (Å²) in [5.74, 6) is -1.09. The van der Waals surface area contributed by atoms with Crippen LogP contribution in [-0.2, 0) is 14.3 Å². The van der Waals surface area contributed by atoms with E-state index in [1.807, 2.05) is 0 Å². The van der Waals surface area contributed by atoms with E-state index in [-0.39, 0.29) is 13.0 Å². The fourth-order valence-corrected chi connectivity index (χ4v) is 1.81. The van der Waals surface area contributed by atoms with E-state index in [1.54, 1.807) is 7.11 Å². The lowest BCUT2D eigenvalue weighted by atomic mass is 10.4. The average molecular weight is 261 g/mol. The van der Waals surface area contributed by atoms with Crippen molar-refractivity contribution >= 4 is 5.97 Å². The van der Waals surface area contributed by atoms with Crippen LogP contribution in [0.4, 0.5) is 0 Å². The summed E-state index contributed by atoms with van der Waals surface area (Å²) in [6, 6.07) is 0. The molecule has 1 aliphatic rings. The van der Waals surface area contributed by atoms with Gasteiger partial charge in [0.25, 0.3) is 0 Å². The molecule has 5 nitrogen and oxygen atoms in total. The second-order valence-corrected chi connectivity index (χ2v) is 4.82. The number of methoxy groups -OCH3 is 1. The first-order valence-electron chi connectivity index (χ1n) is 6.64. The third kappa shape index (κ3) is 9.39. The van der Waals surface area contributed by atoms with Crippen LogP contribution in [0.25, 0.3) is 0 Å². The molecule has 1 saturated heterocycles. The van der Waals surface area contributed by atoms with Gasteiger partial charge >= 0.3 is 0 Å². The van der Waals surface area contributed by atoms with Crippen LogP contribution < -0.4 is 5.11 Å². The highest BCUT2D eigenvalue weighted by Crippen LogP contribution is 2.14. The number of carboxylic acids is 1. The zero-order valence-electron chi connectivity index (χ0n) is 11.9. The van der Waals surface area contributed by atoms with E-state index in [4.69, 9.17) is 4.74 Å². The SMILES string of the molecule is CC[N+]1(C)CCCC1.COCCOCCC(=O)[O-]. The van der Waals surface area contributed by atoms with Crippen molar-refractivity contribution < 1.29 is 23.9 Å². The maximum absolute atomic E-state index is 9.81. The highest BCUT2D eigenvalue weighted by Gasteiger charge is 2.23. The van der Waals surface area contributed by atoms with Crippen LogP contribution in [0.15, 0.2) is 0 Å². The Hall–Kier alpha value is -0.650. The lowest BCUT2D eigenvalue weighted by Gasteiger charge is -2.26. The number of hydrogen-bond acceptors (Lipinski definition) is 4. The molecule has 0 saturated carbocycles. The zero-order chi connectivity index (χ0) is 13.9. The molecule has 0 atom stereocenters. The number of carboxylic acid groups (broad SMARTS) is 1. The molecule has 1 fully saturated rings. The molecule has 0 aromatic rings. The van der Waals surface area contributed by atoms with Crippen molar-refractivity contribution in [2.45, 2.75) is 26.2 Å². The number of likely N-dealkylation sites (tertiary alicyclic amines) is 1. The van der Waals surface area contributed by atoms with Crippen LogP contribution in [-0.4, -0.2) is 64.1 Å². The van der Waals surface area contributed by atoms with Crippen molar-refractivity contribution in [2.75, 3.05) is 53.6 Å². The first kappa shape index (κ1) is 17.4. The second-order valence-electron chi connectivity index (χ2n) is 4.82. The molecule has 0 aliphatic carbocycles. The molecule has 0 radical (unpaired) electrons. The molecule has 0 aromatic heterocycles. The third-order valence-electron chi connectivity index (χ3n) is 3.29. The summed E-state index contributed by atoms with van der Waals surface area (Å²) in [6.07, 6.45) is 2.85. The molecule has 0 amide bonds. The fraction of sp³-hybridized carbons (Fsp3) is 0.923. The Kier molecular flexibility index (Phi) is 9.92. The fourth-order valence-electron chi connectivity index (χ4n) is 1.81. The molecule has 108 valence electrons. The minimum Gasteiger partial charge on any atom is -0.550 e. The Balaban J connectivity index is 0.000000327. The molecule has 5 heteroatoms. The van der Waals surface area contributed by atoms with Crippen LogP contribution in [0.5, 0.6) is 0 Å². The molecule has 1 aliphatic heterocycles. The predicted molar refractivity (Wildman–Crippen MR) is 68.0 cm³/mol. The minimum absolute atomic E-state index is 0.0519. The molecule has 0 spiro atoms. The summed E-state index contributed by atoms with van der Waals surface area (Å²) in [5, 5.41) is 9.81. The highest BCUT2D eigenvalue weighted by molar-refractivity contribution is 5.64. The van der Waals surface area contributed by atoms with Gasteiger partial charge in [-0.05, 0) is 6.92 Å². The van der Waals surface area contributed by atoms with Gasteiger partial charge in [0.05, 0.1) is 46.5 Å². The number of quaternary nitrogens is 1. The zero-order valence-corrected chi connectivity index (χ0v) is 11.9. The number of carbonyl (C=O) groups excluding carboxylic acids is 1. The van der Waals surface area contributed by atoms with Gasteiger partial charge in [-0.3, -0.25) is 0 Å². The smallest absolute Gasteiger partial charge is 0.0786 e. The minimum atomic E-state index is -1.09. The molecular formula is C13H27NO4. The van der Waals surface area contributed by atoms with Crippen LogP contribution in [0, 0.1) is 0 Å². The van der Waals surface area contributed by atoms with E-state index in [2.05, 4.69) is 18.7 Å². The van der Waals surface area contributed by atoms with Crippen LogP contribution in [0.3, 0.4) is 0 Å². The van der Waals surface area contributed by atoms with E-state index in [0.29, 0.717) is 13.2 Å². The standard InChI is InChI=1S/C7H16N.C6H12O4/c1-3-8(2)6-4-5-7-8;1-9-4-5-10-3-2-6(7)8/h3-7H2,1-2H3;2-5H2,1H3,(H,7,8)/q+1;/p-1. The number of hydrogen-bond donors (Lipinski definition) is 0. The molecule has 1 rings (SSSR count). The van der Waals surface area contributed by atoms with Crippen LogP contribution >= 0.6 is 0 Å². The maximum atomic E-state index is 9.81. The van der Waals surface area contributed by atoms with Crippen molar-refractivity contribution in [2.24, 2.45) is 0 Å². The number of ether oxygens (including phenoxy) is 2. The van der Waals surface area contributed by atoms with Gasteiger partial charge in [-0.1, -0.05) is 0 Å². The second kappa shape index (κ2) is 10.3. The Bertz CT molecular complexity index is 215. The van der Waals surface area contributed by atoms with Crippen molar-refractivity contribution in [3.63, 3.8) is 0 Å². The van der Waals surface area contributed by atoms with Gasteiger partial charge in [-0.15, -0.1) is 0 Å². The topological polar surface area (TPSA) is 58.6 Å². The number of aliphatic carboxylic acids is 1. The van der Waals surface area contributed by atoms with E-state index in [1.165, 1.54) is 37.0 Å². The lowest BCUT2D eigenvalue weighted by molar-refractivity contribution is -0.895. The number of nitrogens with zero attached hydrogens (tertiary/aromatic N) is 1. The Morgan fingerprint density at radius 2 is 1.83 bits per heavy atom. The summed E-state index contributed by atoms with van der Waals surface area (Å²) in [6.45, 7) is 7.56. The average Bonchev–Trinajstić information content (AvgIpc) is 2.77. The molecule has 1 heterocycles. The third-order valence-corrected chi connectivity index (χ3v) is 3.29. The summed E-state index contributed by atoms with van der Waals surface area (Å²) in [5.41, 5.74) is 0. The van der Waals surface area contributed by atoms with E-state index >= 15 is 0 Å². The molecule has 0 bridgehead atoms. The van der Waals surface area contributed by atoms with Crippen LogP contribution in [0.2, 0.25) is 0 Å². The van der Waals surface area contributed by atoms with Crippen LogP contribution in [0.1, 0.15) is 26.2 Å². The summed E-state index contributed by atoms with van der Waals surface area (Å²) in [7, 11) is 3.91. The lowest BCUT2D eigenvalue weighted by Crippen LogP contribution is -2.40. The predicted octanol–water partition coefficient (Wildman–Crippen LogP) is 0.0361. The summed E-state index contributed by atoms with van der Waals surface area (Å²) >= 11 is 0. The summed E-state index contributed by atoms with van der Waals surface area (Å²) in [4.78, 5) is 9.81. The number of carbonyl (C=O) groups is 1. The quantitative estimate of drug-likeness (QED) is 0.479. The molecular weight excluding hydrogens is 234 g/mol. The first-order chi connectivity index (χ1) is 8.54. The number of rotatable bonds is 7. The molecule has 0 N–H and O–H groups in total. The van der Waals surface area contributed by atoms with Gasteiger partial charge in [0.1, 0.15) is 0 Å². The van der Waals surface area contributed by atoms with Gasteiger partial charge in [0, 0.05) is 32.3 Å². The Morgan fingerprint density at radius 1 is 1.22 bits per heavy atom. The van der Waals surface area contributed by atoms with Gasteiger partial charge in [0.2, 0.25) is 0 Å². The van der Waals surface area contributed by atoms with Crippen molar-refractivity contribution in [3.8, 4) is 0 Å². The van der Waals surface area contributed by atoms with Gasteiger partial charge in [0.15, 0.2) is 0 Å². The maximum Gasteiger partial charge on any atom is 0.0786 e. The van der Waals surface area contributed by atoms with Gasteiger partial charge in [-0.2, -0.15) is 0 Å². The van der Waals surface area contributed by atoms with E-state index < -0.39 is 5.97 Å². The summed E-state index contributed by atoms with van der Waals surface area (Å²) < 4.78 is 10.8. The Morgan fingerprint density at radius 3 is 2.22 bits per heavy atom. The molecule has 0 unspecified atom stereocenters. The Labute approximate surface area is 110 Å². The van der Waals surface area contributed by atoms with Crippen molar-refractivity contribution in [3.05, 3.63) is 0 Å². The molecule has 0 aromatic carbocycles. The van der Waals surface area contributed by atoms with Gasteiger partial charge < -0.3 is 23.9 Å². The molecule has 18 heavy (non-hydrogen) atoms. The van der Waals surface area contributed by atoms with E-state index in [9.17, 15) is 9.90 Å². The van der Waals surface area contributed by atoms with Crippen molar-refractivity contribution in [1.82, 2.24) is 0 Å². The monoisotopic (exact) mass is 261 g/mol. The normalized spacial score (nSPS) is 17.1. The largest absolute Gasteiger partial charge is 0.550 e. The first-order valence-corrected chi connectivity index (χ1v) is 6.64. The van der Waals surface area contributed by atoms with E-state index in [0.717, 1.165) is 0 Å². The highest BCUT2D eigenvalue weighted by atomic mass is 16.5. The van der Waals surface area contributed by atoms with Gasteiger partial charge in [-0.25, -0.2) is 0 Å². The van der Waals surface area contributed by atoms with Crippen molar-refractivity contribution in [1.29, 1.82) is 0 Å².